The summed E-state index contributed by atoms with van der Waals surface area (Å²) in [5, 5.41) is 10.4. The van der Waals surface area contributed by atoms with E-state index in [0.717, 1.165) is 0 Å². The van der Waals surface area contributed by atoms with Crippen LogP contribution in [0.4, 0.5) is 57.1 Å². The van der Waals surface area contributed by atoms with Crippen molar-refractivity contribution in [1.29, 1.82) is 0 Å². The van der Waals surface area contributed by atoms with E-state index >= 15 is 0 Å². The van der Waals surface area contributed by atoms with E-state index in [-0.39, 0.29) is 51.4 Å². The molecule has 0 aromatic rings. The van der Waals surface area contributed by atoms with Gasteiger partial charge in [0.15, 0.2) is 0 Å². The van der Waals surface area contributed by atoms with Crippen molar-refractivity contribution in [3.05, 3.63) is 0 Å². The van der Waals surface area contributed by atoms with Gasteiger partial charge in [0, 0.05) is 0 Å². The van der Waals surface area contributed by atoms with E-state index in [1.807, 2.05) is 0 Å². The molecular formula is C6F13KO. The maximum Gasteiger partial charge on any atom is 1.00 e. The van der Waals surface area contributed by atoms with Gasteiger partial charge in [0.2, 0.25) is 0 Å². The van der Waals surface area contributed by atoms with E-state index in [0.29, 0.717) is 0 Å². The zero-order chi connectivity index (χ0) is 17.0. The van der Waals surface area contributed by atoms with Gasteiger partial charge in [-0.15, -0.1) is 0 Å². The summed E-state index contributed by atoms with van der Waals surface area (Å²) in [4.78, 5) is 0. The zero-order valence-corrected chi connectivity index (χ0v) is 12.4. The number of alkyl halides is 13. The molecule has 0 spiro atoms. The van der Waals surface area contributed by atoms with Crippen LogP contribution in [-0.2, 0) is 0 Å². The van der Waals surface area contributed by atoms with Gasteiger partial charge in [-0.25, -0.2) is 4.39 Å². The van der Waals surface area contributed by atoms with Gasteiger partial charge in [0.1, 0.15) is 5.60 Å². The average Bonchev–Trinajstić information content (AvgIpc) is 2.07. The van der Waals surface area contributed by atoms with Gasteiger partial charge in [-0.05, 0) is 0 Å². The van der Waals surface area contributed by atoms with Crippen LogP contribution >= 0.6 is 0 Å². The number of halogens is 13. The molecule has 21 heavy (non-hydrogen) atoms. The van der Waals surface area contributed by atoms with E-state index in [4.69, 9.17) is 0 Å². The van der Waals surface area contributed by atoms with Crippen molar-refractivity contribution in [3.63, 3.8) is 0 Å². The van der Waals surface area contributed by atoms with Crippen LogP contribution in [0, 0.1) is 0 Å². The SMILES string of the molecule is [K+].[O-]C(C(F)(F)F)(C(F)(F)F)C(F)(C(F)(F)F)C(F)(F)F. The molecule has 0 atom stereocenters. The van der Waals surface area contributed by atoms with E-state index < -0.39 is 36.0 Å². The van der Waals surface area contributed by atoms with Gasteiger partial charge in [-0.1, -0.05) is 0 Å². The third-order valence-corrected chi connectivity index (χ3v) is 2.06. The molecule has 0 N–H and O–H groups in total. The summed E-state index contributed by atoms with van der Waals surface area (Å²) in [6.45, 7) is 0. The molecule has 0 fully saturated rings. The minimum absolute atomic E-state index is 0. The zero-order valence-electron chi connectivity index (χ0n) is 9.32. The normalized spacial score (nSPS) is 15.7. The molecule has 0 saturated carbocycles. The summed E-state index contributed by atoms with van der Waals surface area (Å²) in [6.07, 6.45) is -31.1. The Labute approximate surface area is 148 Å². The summed E-state index contributed by atoms with van der Waals surface area (Å²) in [5.74, 6) is 0. The monoisotopic (exact) mass is 374 g/mol. The molecule has 0 aliphatic heterocycles. The van der Waals surface area contributed by atoms with Crippen molar-refractivity contribution < 1.29 is 114 Å². The van der Waals surface area contributed by atoms with Gasteiger partial charge in [0.25, 0.3) is 0 Å². The van der Waals surface area contributed by atoms with Gasteiger partial charge in [0.05, 0.1) is 0 Å². The van der Waals surface area contributed by atoms with Gasteiger partial charge < -0.3 is 5.11 Å². The second kappa shape index (κ2) is 5.96. The topological polar surface area (TPSA) is 23.1 Å². The molecule has 0 aliphatic carbocycles. The van der Waals surface area contributed by atoms with Crippen molar-refractivity contribution in [2.24, 2.45) is 0 Å². The van der Waals surface area contributed by atoms with Gasteiger partial charge in [-0.2, -0.15) is 52.7 Å². The van der Waals surface area contributed by atoms with Crippen molar-refractivity contribution in [2.75, 3.05) is 0 Å². The van der Waals surface area contributed by atoms with Crippen molar-refractivity contribution in [1.82, 2.24) is 0 Å². The number of hydrogen-bond donors (Lipinski definition) is 0. The molecule has 122 valence electrons. The van der Waals surface area contributed by atoms with Crippen LogP contribution in [0.15, 0.2) is 0 Å². The van der Waals surface area contributed by atoms with Gasteiger partial charge >= 0.3 is 81.8 Å². The summed E-state index contributed by atoms with van der Waals surface area (Å²) in [5.41, 5.74) is -16.1. The molecule has 15 heteroatoms. The average molecular weight is 374 g/mol. The number of rotatable bonds is 1. The standard InChI is InChI=1S/C6F13O.K/c7-1(3(8,9)10,4(11,12)13)2(20,5(14,15)16)6(17,18)19;/q-1;+1. The third kappa shape index (κ3) is 3.46. The van der Waals surface area contributed by atoms with Crippen LogP contribution < -0.4 is 56.5 Å². The van der Waals surface area contributed by atoms with E-state index in [1.165, 1.54) is 0 Å². The van der Waals surface area contributed by atoms with Crippen LogP contribution in [-0.4, -0.2) is 36.0 Å². The molecule has 0 aliphatic rings. The minimum Gasteiger partial charge on any atom is -0.833 e. The first-order chi connectivity index (χ1) is 8.25. The summed E-state index contributed by atoms with van der Waals surface area (Å²) < 4.78 is 155. The Morgan fingerprint density at radius 2 is 0.619 bits per heavy atom. The second-order valence-electron chi connectivity index (χ2n) is 3.33. The van der Waals surface area contributed by atoms with Crippen LogP contribution in [0.1, 0.15) is 0 Å². The fraction of sp³-hybridized carbons (Fsp3) is 1.00. The summed E-state index contributed by atoms with van der Waals surface area (Å²) >= 11 is 0. The molecule has 0 radical (unpaired) electrons. The maximum absolute atomic E-state index is 12.8. The van der Waals surface area contributed by atoms with Crippen molar-refractivity contribution in [2.45, 2.75) is 36.0 Å². The van der Waals surface area contributed by atoms with E-state index in [9.17, 15) is 62.2 Å². The quantitative estimate of drug-likeness (QED) is 0.470. The van der Waals surface area contributed by atoms with E-state index in [1.54, 1.807) is 0 Å². The Bertz CT molecular complexity index is 295. The van der Waals surface area contributed by atoms with Crippen LogP contribution in [0.3, 0.4) is 0 Å². The Morgan fingerprint density at radius 1 is 0.429 bits per heavy atom. The summed E-state index contributed by atoms with van der Waals surface area (Å²) in [6, 6.07) is 0. The Kier molecular flexibility index (Phi) is 6.79. The molecule has 0 bridgehead atoms. The Morgan fingerprint density at radius 3 is 0.667 bits per heavy atom. The fourth-order valence-electron chi connectivity index (χ4n) is 1.11. The largest absolute Gasteiger partial charge is 1.00 e. The first kappa shape index (κ1) is 23.9. The molecule has 0 aromatic heterocycles. The van der Waals surface area contributed by atoms with Crippen LogP contribution in [0.5, 0.6) is 0 Å². The Balaban J connectivity index is 0. The van der Waals surface area contributed by atoms with E-state index in [2.05, 4.69) is 0 Å². The Hall–Kier alpha value is 0.686. The molecular weight excluding hydrogens is 374 g/mol. The molecule has 0 rings (SSSR count). The molecule has 0 aromatic carbocycles. The summed E-state index contributed by atoms with van der Waals surface area (Å²) in [7, 11) is 0. The molecule has 1 nitrogen and oxygen atoms in total. The molecule has 0 amide bonds. The van der Waals surface area contributed by atoms with Crippen molar-refractivity contribution >= 4 is 0 Å². The first-order valence-electron chi connectivity index (χ1n) is 3.91. The fourth-order valence-corrected chi connectivity index (χ4v) is 1.11. The second-order valence-corrected chi connectivity index (χ2v) is 3.33. The smallest absolute Gasteiger partial charge is 0.833 e. The predicted octanol–water partition coefficient (Wildman–Crippen LogP) is 0.0470. The minimum atomic E-state index is -8.11. The van der Waals surface area contributed by atoms with Crippen LogP contribution in [0.25, 0.3) is 0 Å². The molecule has 0 saturated heterocycles. The maximum atomic E-state index is 12.8. The molecule has 0 unspecified atom stereocenters. The number of hydrogen-bond acceptors (Lipinski definition) is 1. The third-order valence-electron chi connectivity index (χ3n) is 2.06. The van der Waals surface area contributed by atoms with Gasteiger partial charge in [-0.3, -0.25) is 0 Å². The molecule has 0 heterocycles. The van der Waals surface area contributed by atoms with Crippen LogP contribution in [0.2, 0.25) is 0 Å². The van der Waals surface area contributed by atoms with Crippen molar-refractivity contribution in [3.8, 4) is 0 Å². The first-order valence-corrected chi connectivity index (χ1v) is 3.91. The predicted molar refractivity (Wildman–Crippen MR) is 30.8 cm³/mol.